The average molecular weight is 387 g/mol. The zero-order valence-corrected chi connectivity index (χ0v) is 13.8. The molecule has 3 rings (SSSR count). The second-order valence-corrected chi connectivity index (χ2v) is 5.59. The van der Waals surface area contributed by atoms with Crippen LogP contribution in [0.25, 0.3) is 0 Å². The van der Waals surface area contributed by atoms with Crippen LogP contribution < -0.4 is 10.6 Å². The Labute approximate surface area is 145 Å². The van der Waals surface area contributed by atoms with Crippen LogP contribution in [-0.2, 0) is 0 Å². The van der Waals surface area contributed by atoms with Gasteiger partial charge in [0.25, 0.3) is 0 Å². The van der Waals surface area contributed by atoms with Crippen molar-refractivity contribution in [1.29, 1.82) is 0 Å². The molecule has 24 heavy (non-hydrogen) atoms. The number of anilines is 4. The standard InChI is InChI=1S/C15H11BrN6O2/c16-10-1-3-11(4-2-10)20-14-13(22(23)24)15(19-9-18-14)21-12-5-7-17-8-6-12/h1-9H,(H2,17,18,19,20,21). The molecule has 3 aromatic rings. The Morgan fingerprint density at radius 1 is 0.917 bits per heavy atom. The van der Waals surface area contributed by atoms with Crippen LogP contribution in [0.2, 0.25) is 0 Å². The summed E-state index contributed by atoms with van der Waals surface area (Å²) in [4.78, 5) is 22.9. The summed E-state index contributed by atoms with van der Waals surface area (Å²) in [7, 11) is 0. The lowest BCUT2D eigenvalue weighted by molar-refractivity contribution is -0.383. The van der Waals surface area contributed by atoms with Gasteiger partial charge >= 0.3 is 5.69 Å². The predicted octanol–water partition coefficient (Wildman–Crippen LogP) is 4.03. The van der Waals surface area contributed by atoms with Gasteiger partial charge in [0.2, 0.25) is 11.6 Å². The van der Waals surface area contributed by atoms with Crippen LogP contribution in [0, 0.1) is 10.1 Å². The highest BCUT2D eigenvalue weighted by Crippen LogP contribution is 2.32. The molecule has 0 saturated carbocycles. The molecule has 0 spiro atoms. The number of halogens is 1. The van der Waals surface area contributed by atoms with Crippen LogP contribution in [0.5, 0.6) is 0 Å². The van der Waals surface area contributed by atoms with E-state index < -0.39 is 4.92 Å². The molecule has 2 aromatic heterocycles. The molecule has 0 amide bonds. The Bertz CT molecular complexity index is 858. The summed E-state index contributed by atoms with van der Waals surface area (Å²) in [6.45, 7) is 0. The summed E-state index contributed by atoms with van der Waals surface area (Å²) in [6, 6.07) is 10.6. The Hall–Kier alpha value is -3.07. The van der Waals surface area contributed by atoms with Gasteiger partial charge in [-0.2, -0.15) is 0 Å². The highest BCUT2D eigenvalue weighted by atomic mass is 79.9. The van der Waals surface area contributed by atoms with Gasteiger partial charge in [0.1, 0.15) is 6.33 Å². The van der Waals surface area contributed by atoms with Gasteiger partial charge in [0.15, 0.2) is 0 Å². The minimum absolute atomic E-state index is 0.0980. The monoisotopic (exact) mass is 386 g/mol. The quantitative estimate of drug-likeness (QED) is 0.503. The maximum absolute atomic E-state index is 11.5. The smallest absolute Gasteiger partial charge is 0.334 e. The van der Waals surface area contributed by atoms with E-state index in [9.17, 15) is 10.1 Å². The van der Waals surface area contributed by atoms with Crippen LogP contribution >= 0.6 is 15.9 Å². The van der Waals surface area contributed by atoms with Crippen molar-refractivity contribution in [2.24, 2.45) is 0 Å². The predicted molar refractivity (Wildman–Crippen MR) is 93.6 cm³/mol. The van der Waals surface area contributed by atoms with E-state index in [0.29, 0.717) is 11.4 Å². The molecule has 2 heterocycles. The molecule has 0 unspecified atom stereocenters. The first-order chi connectivity index (χ1) is 11.6. The van der Waals surface area contributed by atoms with Crippen LogP contribution in [0.4, 0.5) is 28.7 Å². The fraction of sp³-hybridized carbons (Fsp3) is 0. The minimum Gasteiger partial charge on any atom is -0.334 e. The minimum atomic E-state index is -0.523. The molecule has 0 saturated heterocycles. The van der Waals surface area contributed by atoms with E-state index in [1.165, 1.54) is 6.33 Å². The lowest BCUT2D eigenvalue weighted by Crippen LogP contribution is -2.05. The molecule has 0 radical (unpaired) electrons. The van der Waals surface area contributed by atoms with Crippen LogP contribution in [0.3, 0.4) is 0 Å². The van der Waals surface area contributed by atoms with Crippen molar-refractivity contribution in [1.82, 2.24) is 15.0 Å². The number of rotatable bonds is 5. The van der Waals surface area contributed by atoms with Gasteiger partial charge in [-0.05, 0) is 36.4 Å². The van der Waals surface area contributed by atoms with E-state index in [1.807, 2.05) is 12.1 Å². The molecule has 9 heteroatoms. The van der Waals surface area contributed by atoms with Crippen LogP contribution in [0.1, 0.15) is 0 Å². The second kappa shape index (κ2) is 7.01. The molecule has 0 bridgehead atoms. The molecule has 120 valence electrons. The van der Waals surface area contributed by atoms with Crippen molar-refractivity contribution in [3.05, 3.63) is 69.7 Å². The third-order valence-corrected chi connectivity index (χ3v) is 3.58. The van der Waals surface area contributed by atoms with E-state index in [-0.39, 0.29) is 17.3 Å². The lowest BCUT2D eigenvalue weighted by atomic mass is 10.3. The Morgan fingerprint density at radius 3 is 2.00 bits per heavy atom. The van der Waals surface area contributed by atoms with E-state index in [1.54, 1.807) is 36.7 Å². The van der Waals surface area contributed by atoms with Crippen molar-refractivity contribution in [3.63, 3.8) is 0 Å². The Kier molecular flexibility index (Phi) is 4.62. The molecule has 2 N–H and O–H groups in total. The number of nitrogens with zero attached hydrogens (tertiary/aromatic N) is 4. The second-order valence-electron chi connectivity index (χ2n) is 4.67. The number of hydrogen-bond acceptors (Lipinski definition) is 7. The third kappa shape index (κ3) is 3.63. The van der Waals surface area contributed by atoms with Crippen molar-refractivity contribution >= 4 is 44.6 Å². The maximum atomic E-state index is 11.5. The summed E-state index contributed by atoms with van der Waals surface area (Å²) >= 11 is 3.34. The van der Waals surface area contributed by atoms with Crippen LogP contribution in [-0.4, -0.2) is 19.9 Å². The summed E-state index contributed by atoms with van der Waals surface area (Å²) in [6.07, 6.45) is 4.42. The topological polar surface area (TPSA) is 106 Å². The van der Waals surface area contributed by atoms with Crippen LogP contribution in [0.15, 0.2) is 59.6 Å². The van der Waals surface area contributed by atoms with Crippen molar-refractivity contribution in [3.8, 4) is 0 Å². The molecule has 0 aliphatic heterocycles. The Balaban J connectivity index is 1.96. The summed E-state index contributed by atoms with van der Waals surface area (Å²) < 4.78 is 0.908. The summed E-state index contributed by atoms with van der Waals surface area (Å²) in [5.41, 5.74) is 1.08. The molecule has 0 atom stereocenters. The first-order valence-electron chi connectivity index (χ1n) is 6.82. The number of benzene rings is 1. The molecule has 0 aliphatic carbocycles. The van der Waals surface area contributed by atoms with Gasteiger partial charge in [0.05, 0.1) is 4.92 Å². The number of pyridine rings is 1. The fourth-order valence-corrected chi connectivity index (χ4v) is 2.24. The van der Waals surface area contributed by atoms with Gasteiger partial charge < -0.3 is 10.6 Å². The SMILES string of the molecule is O=[N+]([O-])c1c(Nc2ccncc2)ncnc1Nc1ccc(Br)cc1. The molecule has 0 aliphatic rings. The molecular formula is C15H11BrN6O2. The fourth-order valence-electron chi connectivity index (χ4n) is 1.98. The van der Waals surface area contributed by atoms with E-state index >= 15 is 0 Å². The molecular weight excluding hydrogens is 376 g/mol. The molecule has 8 nitrogen and oxygen atoms in total. The average Bonchev–Trinajstić information content (AvgIpc) is 2.58. The number of nitrogens with one attached hydrogen (secondary N) is 2. The van der Waals surface area contributed by atoms with Crippen molar-refractivity contribution < 1.29 is 4.92 Å². The van der Waals surface area contributed by atoms with Gasteiger partial charge in [-0.3, -0.25) is 15.1 Å². The zero-order chi connectivity index (χ0) is 16.9. The lowest BCUT2D eigenvalue weighted by Gasteiger charge is -2.10. The molecule has 1 aromatic carbocycles. The summed E-state index contributed by atoms with van der Waals surface area (Å²) in [5.74, 6) is 0.203. The third-order valence-electron chi connectivity index (χ3n) is 3.05. The van der Waals surface area contributed by atoms with Gasteiger partial charge in [-0.1, -0.05) is 15.9 Å². The number of aromatic nitrogens is 3. The van der Waals surface area contributed by atoms with E-state index in [0.717, 1.165) is 4.47 Å². The summed E-state index contributed by atoms with van der Waals surface area (Å²) in [5, 5.41) is 17.4. The largest absolute Gasteiger partial charge is 0.353 e. The number of hydrogen-bond donors (Lipinski definition) is 2. The maximum Gasteiger partial charge on any atom is 0.353 e. The highest BCUT2D eigenvalue weighted by Gasteiger charge is 2.23. The van der Waals surface area contributed by atoms with Gasteiger partial charge in [-0.15, -0.1) is 0 Å². The first kappa shape index (κ1) is 15.8. The van der Waals surface area contributed by atoms with Gasteiger partial charge in [0, 0.05) is 28.2 Å². The van der Waals surface area contributed by atoms with E-state index in [4.69, 9.17) is 0 Å². The highest BCUT2D eigenvalue weighted by molar-refractivity contribution is 9.10. The first-order valence-corrected chi connectivity index (χ1v) is 7.62. The van der Waals surface area contributed by atoms with Gasteiger partial charge in [-0.25, -0.2) is 9.97 Å². The normalized spacial score (nSPS) is 10.2. The Morgan fingerprint density at radius 2 is 1.46 bits per heavy atom. The van der Waals surface area contributed by atoms with Crippen molar-refractivity contribution in [2.45, 2.75) is 0 Å². The molecule has 0 fully saturated rings. The van der Waals surface area contributed by atoms with Crippen molar-refractivity contribution in [2.75, 3.05) is 10.6 Å². The number of nitro groups is 1. The van der Waals surface area contributed by atoms with E-state index in [2.05, 4.69) is 41.5 Å². The zero-order valence-electron chi connectivity index (χ0n) is 12.2.